The molecule has 3 aromatic heterocycles. The molecule has 3 aromatic rings. The van der Waals surface area contributed by atoms with Gasteiger partial charge in [-0.25, -0.2) is 4.98 Å². The minimum absolute atomic E-state index is 0.0785. The van der Waals surface area contributed by atoms with Gasteiger partial charge in [-0.2, -0.15) is 31.4 Å². The molecule has 1 amide bonds. The van der Waals surface area contributed by atoms with Crippen LogP contribution in [0, 0.1) is 0 Å². The molecule has 0 saturated carbocycles. The summed E-state index contributed by atoms with van der Waals surface area (Å²) in [5, 5.41) is 5.91. The number of fused-ring (bicyclic) bond motifs is 2. The fourth-order valence-corrected chi connectivity index (χ4v) is 3.64. The molecule has 3 heterocycles. The van der Waals surface area contributed by atoms with Crippen LogP contribution in [0.15, 0.2) is 24.7 Å². The molecule has 0 saturated heterocycles. The van der Waals surface area contributed by atoms with Crippen LogP contribution < -0.4 is 5.32 Å². The maximum Gasteiger partial charge on any atom is 0.435 e. The van der Waals surface area contributed by atoms with Gasteiger partial charge in [0, 0.05) is 29.8 Å². The van der Waals surface area contributed by atoms with Crippen molar-refractivity contribution in [3.63, 3.8) is 0 Å². The third-order valence-corrected chi connectivity index (χ3v) is 4.91. The zero-order valence-electron chi connectivity index (χ0n) is 15.3. The van der Waals surface area contributed by atoms with Crippen molar-refractivity contribution in [2.75, 3.05) is 5.32 Å². The number of halogens is 6. The highest BCUT2D eigenvalue weighted by Gasteiger charge is 2.39. The summed E-state index contributed by atoms with van der Waals surface area (Å²) < 4.78 is 81.3. The molecular formula is C18H15F6N5O. The number of carbonyl (C=O) groups is 1. The highest BCUT2D eigenvalue weighted by Crippen LogP contribution is 2.36. The first-order chi connectivity index (χ1) is 14.0. The molecule has 1 aliphatic carbocycles. The fourth-order valence-electron chi connectivity index (χ4n) is 3.64. The van der Waals surface area contributed by atoms with Crippen molar-refractivity contribution in [1.29, 1.82) is 0 Å². The van der Waals surface area contributed by atoms with Crippen LogP contribution in [0.25, 0.3) is 5.65 Å². The summed E-state index contributed by atoms with van der Waals surface area (Å²) >= 11 is 0. The van der Waals surface area contributed by atoms with Gasteiger partial charge in [-0.3, -0.25) is 9.48 Å². The number of carbonyl (C=O) groups excluding carboxylic acids is 1. The standard InChI is InChI=1S/C18H15F6N5O/c19-17(20,21)10-7-12(16-25-5-6-28(16)8-10)26-14(30)9-29-13-4-2-1-3-11(13)15(27-29)18(22,23)24/h5-8H,1-4,9H2,(H,26,30). The van der Waals surface area contributed by atoms with Crippen LogP contribution in [0.5, 0.6) is 0 Å². The van der Waals surface area contributed by atoms with Crippen molar-refractivity contribution in [2.45, 2.75) is 44.6 Å². The molecule has 4 rings (SSSR count). The fraction of sp³-hybridized carbons (Fsp3) is 0.389. The number of hydrogen-bond acceptors (Lipinski definition) is 3. The van der Waals surface area contributed by atoms with Crippen molar-refractivity contribution < 1.29 is 31.1 Å². The van der Waals surface area contributed by atoms with Crippen LogP contribution in [-0.2, 0) is 36.5 Å². The number of alkyl halides is 6. The Morgan fingerprint density at radius 3 is 2.53 bits per heavy atom. The van der Waals surface area contributed by atoms with E-state index in [1.165, 1.54) is 12.4 Å². The molecule has 0 fully saturated rings. The quantitative estimate of drug-likeness (QED) is 0.636. The molecule has 0 bridgehead atoms. The summed E-state index contributed by atoms with van der Waals surface area (Å²) in [7, 11) is 0. The third-order valence-electron chi connectivity index (χ3n) is 4.91. The number of imidazole rings is 1. The Bertz CT molecular complexity index is 1110. The SMILES string of the molecule is O=C(Cn1nc(C(F)(F)F)c2c1CCCC2)Nc1cc(C(F)(F)F)cn2ccnc12. The molecule has 1 N–H and O–H groups in total. The van der Waals surface area contributed by atoms with Gasteiger partial charge in [0.1, 0.15) is 6.54 Å². The van der Waals surface area contributed by atoms with Crippen LogP contribution in [0.3, 0.4) is 0 Å². The van der Waals surface area contributed by atoms with Gasteiger partial charge in [-0.1, -0.05) is 0 Å². The van der Waals surface area contributed by atoms with E-state index in [1.54, 1.807) is 0 Å². The maximum atomic E-state index is 13.3. The molecule has 0 atom stereocenters. The van der Waals surface area contributed by atoms with Gasteiger partial charge < -0.3 is 9.72 Å². The van der Waals surface area contributed by atoms with E-state index in [9.17, 15) is 31.1 Å². The second-order valence-electron chi connectivity index (χ2n) is 6.98. The van der Waals surface area contributed by atoms with E-state index in [0.29, 0.717) is 25.0 Å². The Balaban J connectivity index is 1.64. The molecular weight excluding hydrogens is 416 g/mol. The third kappa shape index (κ3) is 3.73. The average molecular weight is 431 g/mol. The van der Waals surface area contributed by atoms with Crippen molar-refractivity contribution in [3.8, 4) is 0 Å². The maximum absolute atomic E-state index is 13.3. The zero-order chi connectivity index (χ0) is 21.7. The van der Waals surface area contributed by atoms with Gasteiger partial charge in [-0.15, -0.1) is 0 Å². The van der Waals surface area contributed by atoms with Crippen LogP contribution in [0.2, 0.25) is 0 Å². The highest BCUT2D eigenvalue weighted by atomic mass is 19.4. The van der Waals surface area contributed by atoms with Gasteiger partial charge in [-0.05, 0) is 31.7 Å². The van der Waals surface area contributed by atoms with E-state index in [-0.39, 0.29) is 23.3 Å². The molecule has 0 spiro atoms. The first-order valence-electron chi connectivity index (χ1n) is 9.03. The first kappa shape index (κ1) is 20.2. The number of hydrogen-bond donors (Lipinski definition) is 1. The Labute approximate surface area is 165 Å². The smallest absolute Gasteiger partial charge is 0.321 e. The molecule has 12 heteroatoms. The number of amides is 1. The van der Waals surface area contributed by atoms with E-state index < -0.39 is 36.1 Å². The normalized spacial score (nSPS) is 14.7. The second kappa shape index (κ2) is 7.03. The molecule has 6 nitrogen and oxygen atoms in total. The largest absolute Gasteiger partial charge is 0.435 e. The topological polar surface area (TPSA) is 64.2 Å². The van der Waals surface area contributed by atoms with Crippen molar-refractivity contribution in [1.82, 2.24) is 19.2 Å². The minimum atomic E-state index is -4.65. The number of pyridine rings is 1. The second-order valence-corrected chi connectivity index (χ2v) is 6.98. The lowest BCUT2D eigenvalue weighted by Crippen LogP contribution is -2.22. The molecule has 0 unspecified atom stereocenters. The van der Waals surface area contributed by atoms with Gasteiger partial charge >= 0.3 is 12.4 Å². The van der Waals surface area contributed by atoms with Crippen molar-refractivity contribution in [2.24, 2.45) is 0 Å². The Morgan fingerprint density at radius 2 is 1.83 bits per heavy atom. The van der Waals surface area contributed by atoms with Crippen molar-refractivity contribution >= 4 is 17.2 Å². The van der Waals surface area contributed by atoms with E-state index in [1.807, 2.05) is 0 Å². The lowest BCUT2D eigenvalue weighted by Gasteiger charge is -2.15. The van der Waals surface area contributed by atoms with Gasteiger partial charge in [0.2, 0.25) is 5.91 Å². The van der Waals surface area contributed by atoms with Gasteiger partial charge in [0.15, 0.2) is 11.3 Å². The van der Waals surface area contributed by atoms with E-state index in [4.69, 9.17) is 0 Å². The number of aromatic nitrogens is 4. The lowest BCUT2D eigenvalue weighted by molar-refractivity contribution is -0.142. The summed E-state index contributed by atoms with van der Waals surface area (Å²) in [6.45, 7) is -0.554. The van der Waals surface area contributed by atoms with Crippen LogP contribution in [-0.4, -0.2) is 25.1 Å². The number of nitrogens with zero attached hydrogens (tertiary/aromatic N) is 4. The van der Waals surface area contributed by atoms with Crippen LogP contribution >= 0.6 is 0 Å². The summed E-state index contributed by atoms with van der Waals surface area (Å²) in [4.78, 5) is 16.4. The molecule has 0 radical (unpaired) electrons. The average Bonchev–Trinajstić information content (AvgIpc) is 3.26. The number of rotatable bonds is 3. The Hall–Kier alpha value is -3.05. The van der Waals surface area contributed by atoms with E-state index >= 15 is 0 Å². The van der Waals surface area contributed by atoms with Crippen molar-refractivity contribution in [3.05, 3.63) is 47.2 Å². The Morgan fingerprint density at radius 1 is 1.10 bits per heavy atom. The molecule has 0 aromatic carbocycles. The van der Waals surface area contributed by atoms with Gasteiger partial charge in [0.05, 0.1) is 11.3 Å². The summed E-state index contributed by atoms with van der Waals surface area (Å²) in [6.07, 6.45) is -4.08. The Kier molecular flexibility index (Phi) is 4.74. The van der Waals surface area contributed by atoms with Crippen LogP contribution in [0.1, 0.15) is 35.4 Å². The predicted octanol–water partition coefficient (Wildman–Crippen LogP) is 4.09. The van der Waals surface area contributed by atoms with Gasteiger partial charge in [0.25, 0.3) is 0 Å². The molecule has 160 valence electrons. The summed E-state index contributed by atoms with van der Waals surface area (Å²) in [5.74, 6) is -0.802. The number of anilines is 1. The number of nitrogens with one attached hydrogen (secondary N) is 1. The lowest BCUT2D eigenvalue weighted by atomic mass is 9.95. The zero-order valence-corrected chi connectivity index (χ0v) is 15.3. The van der Waals surface area contributed by atoms with E-state index in [0.717, 1.165) is 21.3 Å². The summed E-state index contributed by atoms with van der Waals surface area (Å²) in [6, 6.07) is 0.736. The minimum Gasteiger partial charge on any atom is -0.321 e. The first-order valence-corrected chi connectivity index (χ1v) is 9.03. The van der Waals surface area contributed by atoms with Crippen LogP contribution in [0.4, 0.5) is 32.0 Å². The molecule has 0 aliphatic heterocycles. The predicted molar refractivity (Wildman–Crippen MR) is 92.7 cm³/mol. The molecule has 1 aliphatic rings. The van der Waals surface area contributed by atoms with E-state index in [2.05, 4.69) is 15.4 Å². The highest BCUT2D eigenvalue weighted by molar-refractivity contribution is 5.94. The monoisotopic (exact) mass is 431 g/mol. The molecule has 30 heavy (non-hydrogen) atoms. The summed E-state index contributed by atoms with van der Waals surface area (Å²) in [5.41, 5.74) is -1.72.